The molecule has 0 aliphatic carbocycles. The quantitative estimate of drug-likeness (QED) is 0.319. The molecule has 0 radical (unpaired) electrons. The zero-order valence-electron chi connectivity index (χ0n) is 14.4. The van der Waals surface area contributed by atoms with E-state index in [2.05, 4.69) is 19.9 Å². The molecule has 11 heteroatoms. The first-order valence-corrected chi connectivity index (χ1v) is 9.66. The van der Waals surface area contributed by atoms with Crippen molar-refractivity contribution in [3.05, 3.63) is 33.6 Å². The van der Waals surface area contributed by atoms with E-state index in [4.69, 9.17) is 27.9 Å². The summed E-state index contributed by atoms with van der Waals surface area (Å²) in [5.74, 6) is -1.00. The number of halogens is 2. The second kappa shape index (κ2) is 9.20. The molecule has 0 atom stereocenters. The highest BCUT2D eigenvalue weighted by Gasteiger charge is 2.26. The van der Waals surface area contributed by atoms with Crippen molar-refractivity contribution in [2.45, 2.75) is 25.5 Å². The highest BCUT2D eigenvalue weighted by molar-refractivity contribution is 7.98. The number of thioether (sulfide) groups is 1. The zero-order chi connectivity index (χ0) is 19.3. The van der Waals surface area contributed by atoms with Gasteiger partial charge in [-0.1, -0.05) is 35.0 Å². The van der Waals surface area contributed by atoms with Crippen LogP contribution in [-0.2, 0) is 11.3 Å². The van der Waals surface area contributed by atoms with Gasteiger partial charge in [0.05, 0.1) is 25.2 Å². The molecule has 2 heterocycles. The molecule has 0 bridgehead atoms. The van der Waals surface area contributed by atoms with Crippen LogP contribution < -0.4 is 0 Å². The summed E-state index contributed by atoms with van der Waals surface area (Å²) in [5, 5.41) is 0.332. The van der Waals surface area contributed by atoms with Crippen LogP contribution in [0.5, 0.6) is 0 Å². The Hall–Kier alpha value is -1.84. The number of H-pyrrole nitrogens is 1. The van der Waals surface area contributed by atoms with E-state index in [9.17, 15) is 9.59 Å². The minimum atomic E-state index is -0.559. The Morgan fingerprint density at radius 2 is 1.92 bits per heavy atom. The highest BCUT2D eigenvalue weighted by Crippen LogP contribution is 2.26. The lowest BCUT2D eigenvalue weighted by Crippen LogP contribution is -2.32. The maximum atomic E-state index is 12.9. The molecule has 0 saturated carbocycles. The molecule has 0 unspecified atom stereocenters. The van der Waals surface area contributed by atoms with E-state index in [0.29, 0.717) is 17.4 Å². The maximum absolute atomic E-state index is 12.9. The van der Waals surface area contributed by atoms with Gasteiger partial charge in [0.2, 0.25) is 0 Å². The third kappa shape index (κ3) is 4.46. The molecule has 2 aromatic rings. The Morgan fingerprint density at radius 3 is 2.46 bits per heavy atom. The van der Waals surface area contributed by atoms with Crippen molar-refractivity contribution in [3.63, 3.8) is 0 Å². The number of amides is 1. The van der Waals surface area contributed by atoms with Crippen molar-refractivity contribution < 1.29 is 14.3 Å². The molecule has 2 aromatic heterocycles. The maximum Gasteiger partial charge on any atom is 0.358 e. The molecule has 140 valence electrons. The smallest absolute Gasteiger partial charge is 0.358 e. The van der Waals surface area contributed by atoms with Gasteiger partial charge in [0.25, 0.3) is 5.91 Å². The molecule has 8 nitrogen and oxygen atoms in total. The summed E-state index contributed by atoms with van der Waals surface area (Å²) in [5.41, 5.74) is 0.599. The largest absolute Gasteiger partial charge is 0.461 e. The average Bonchev–Trinajstić information content (AvgIpc) is 3.07. The van der Waals surface area contributed by atoms with Crippen molar-refractivity contribution >= 4 is 46.8 Å². The molecule has 0 fully saturated rings. The number of esters is 1. The summed E-state index contributed by atoms with van der Waals surface area (Å²) >= 11 is 13.5. The van der Waals surface area contributed by atoms with Crippen LogP contribution in [0, 0.1) is 0 Å². The van der Waals surface area contributed by atoms with Gasteiger partial charge in [-0.2, -0.15) is 0 Å². The van der Waals surface area contributed by atoms with Gasteiger partial charge in [0, 0.05) is 6.54 Å². The summed E-state index contributed by atoms with van der Waals surface area (Å²) in [6.07, 6.45) is 3.15. The Balaban J connectivity index is 2.29. The number of nitrogens with zero attached hydrogens (tertiary/aromatic N) is 4. The molecule has 2 rings (SSSR count). The predicted octanol–water partition coefficient (Wildman–Crippen LogP) is 3.07. The van der Waals surface area contributed by atoms with Gasteiger partial charge in [0.1, 0.15) is 15.9 Å². The first-order valence-electron chi connectivity index (χ1n) is 7.68. The number of hydrogen-bond acceptors (Lipinski definition) is 7. The van der Waals surface area contributed by atoms with Crippen LogP contribution in [0.2, 0.25) is 10.3 Å². The Labute approximate surface area is 164 Å². The van der Waals surface area contributed by atoms with Crippen LogP contribution in [0.3, 0.4) is 0 Å². The van der Waals surface area contributed by atoms with Gasteiger partial charge < -0.3 is 14.6 Å². The third-order valence-corrected chi connectivity index (χ3v) is 4.50. The number of carbonyl (C=O) groups excluding carboxylic acids is 2. The fraction of sp³-hybridized carbons (Fsp3) is 0.400. The van der Waals surface area contributed by atoms with Gasteiger partial charge >= 0.3 is 5.97 Å². The van der Waals surface area contributed by atoms with E-state index in [-0.39, 0.29) is 34.7 Å². The van der Waals surface area contributed by atoms with E-state index in [1.807, 2.05) is 0 Å². The monoisotopic (exact) mass is 417 g/mol. The van der Waals surface area contributed by atoms with Crippen molar-refractivity contribution in [2.75, 3.05) is 19.4 Å². The normalized spacial score (nSPS) is 10.7. The Bertz CT molecular complexity index is 791. The second-order valence-corrected chi connectivity index (χ2v) is 6.43. The van der Waals surface area contributed by atoms with Gasteiger partial charge in [-0.05, 0) is 20.1 Å². The summed E-state index contributed by atoms with van der Waals surface area (Å²) in [7, 11) is 0. The van der Waals surface area contributed by atoms with Crippen LogP contribution in [0.1, 0.15) is 40.4 Å². The average molecular weight is 418 g/mol. The summed E-state index contributed by atoms with van der Waals surface area (Å²) in [6.45, 7) is 4.16. The molecular weight excluding hydrogens is 401 g/mol. The van der Waals surface area contributed by atoms with E-state index >= 15 is 0 Å². The number of nitrogens with one attached hydrogen (secondary N) is 1. The number of aromatic nitrogens is 4. The van der Waals surface area contributed by atoms with Gasteiger partial charge in [-0.25, -0.2) is 19.7 Å². The first kappa shape index (κ1) is 20.5. The van der Waals surface area contributed by atoms with Gasteiger partial charge in [-0.3, -0.25) is 4.79 Å². The molecule has 1 N–H and O–H groups in total. The van der Waals surface area contributed by atoms with Crippen molar-refractivity contribution in [1.29, 1.82) is 0 Å². The van der Waals surface area contributed by atoms with Gasteiger partial charge in [-0.15, -0.1) is 0 Å². The number of carbonyl (C=O) groups is 2. The third-order valence-electron chi connectivity index (χ3n) is 3.40. The molecule has 0 saturated heterocycles. The SMILES string of the molecule is CCOC(=O)c1nc[nH]c1CN(CC)C(=O)c1c(Cl)nc(SC)nc1Cl. The molecule has 26 heavy (non-hydrogen) atoms. The van der Waals surface area contributed by atoms with Crippen molar-refractivity contribution in [3.8, 4) is 0 Å². The predicted molar refractivity (Wildman–Crippen MR) is 98.8 cm³/mol. The minimum Gasteiger partial charge on any atom is -0.461 e. The van der Waals surface area contributed by atoms with Crippen molar-refractivity contribution in [2.24, 2.45) is 0 Å². The van der Waals surface area contributed by atoms with Crippen LogP contribution in [0.15, 0.2) is 11.5 Å². The van der Waals surface area contributed by atoms with Crippen LogP contribution in [0.25, 0.3) is 0 Å². The van der Waals surface area contributed by atoms with E-state index in [1.165, 1.54) is 23.0 Å². The summed E-state index contributed by atoms with van der Waals surface area (Å²) in [4.78, 5) is 41.2. The fourth-order valence-electron chi connectivity index (χ4n) is 2.15. The fourth-order valence-corrected chi connectivity index (χ4v) is 3.17. The minimum absolute atomic E-state index is 0.0187. The Morgan fingerprint density at radius 1 is 1.27 bits per heavy atom. The van der Waals surface area contributed by atoms with E-state index in [0.717, 1.165) is 0 Å². The highest BCUT2D eigenvalue weighted by atomic mass is 35.5. The lowest BCUT2D eigenvalue weighted by Gasteiger charge is -2.21. The van der Waals surface area contributed by atoms with Crippen LogP contribution in [0.4, 0.5) is 0 Å². The van der Waals surface area contributed by atoms with Crippen LogP contribution in [-0.4, -0.2) is 56.1 Å². The van der Waals surface area contributed by atoms with Crippen molar-refractivity contribution in [1.82, 2.24) is 24.8 Å². The molecule has 0 spiro atoms. The zero-order valence-corrected chi connectivity index (χ0v) is 16.7. The van der Waals surface area contributed by atoms with Crippen LogP contribution >= 0.6 is 35.0 Å². The topological polar surface area (TPSA) is 101 Å². The van der Waals surface area contributed by atoms with E-state index < -0.39 is 11.9 Å². The molecular formula is C15H17Cl2N5O3S. The molecule has 0 aliphatic heterocycles. The lowest BCUT2D eigenvalue weighted by molar-refractivity contribution is 0.0515. The molecule has 0 aliphatic rings. The lowest BCUT2D eigenvalue weighted by atomic mass is 10.2. The number of aromatic amines is 1. The van der Waals surface area contributed by atoms with Gasteiger partial charge in [0.15, 0.2) is 10.9 Å². The second-order valence-electron chi connectivity index (χ2n) is 4.94. The first-order chi connectivity index (χ1) is 12.4. The molecule has 0 aromatic carbocycles. The molecule has 1 amide bonds. The summed E-state index contributed by atoms with van der Waals surface area (Å²) in [6, 6.07) is 0. The Kier molecular flexibility index (Phi) is 7.24. The number of rotatable bonds is 7. The number of imidazole rings is 1. The summed E-state index contributed by atoms with van der Waals surface area (Å²) < 4.78 is 4.96. The number of hydrogen-bond donors (Lipinski definition) is 1. The standard InChI is InChI=1S/C15H17Cl2N5O3S/c1-4-22(6-8-10(19-7-18-8)14(24)25-5-2)13(23)9-11(16)20-15(26-3)21-12(9)17/h7H,4-6H2,1-3H3,(H,18,19). The van der Waals surface area contributed by atoms with E-state index in [1.54, 1.807) is 20.1 Å². The number of ether oxygens (including phenoxy) is 1.